The van der Waals surface area contributed by atoms with Crippen molar-refractivity contribution >= 4 is 34.2 Å². The van der Waals surface area contributed by atoms with Crippen molar-refractivity contribution in [3.05, 3.63) is 91.6 Å². The first-order valence-corrected chi connectivity index (χ1v) is 10.4. The summed E-state index contributed by atoms with van der Waals surface area (Å²) in [5, 5.41) is 1.36. The Morgan fingerprint density at radius 3 is 2.29 bits per heavy atom. The largest absolute Gasteiger partial charge is 0.497 e. The maximum atomic E-state index is 13.4. The topological polar surface area (TPSA) is 48.7 Å². The summed E-state index contributed by atoms with van der Waals surface area (Å²) in [7, 11) is 1.60. The molecular weight excluding hydrogens is 435 g/mol. The second-order valence-electron chi connectivity index (χ2n) is 7.29. The van der Waals surface area contributed by atoms with Gasteiger partial charge in [-0.15, -0.1) is 0 Å². The third-order valence-corrected chi connectivity index (χ3v) is 5.92. The third-order valence-electron chi connectivity index (χ3n) is 5.18. The standard InChI is InChI=1S/C25H20Cl2O4/c1-14-10-19-22(11-15(14)2)31-24(17-5-7-18(29-3)8-6-17)25(23(19)28)30-13-16-4-9-20(26)21(27)12-16/h4-12H,13H2,1-3H3. The van der Waals surface area contributed by atoms with Gasteiger partial charge in [0.1, 0.15) is 17.9 Å². The molecule has 0 aliphatic rings. The van der Waals surface area contributed by atoms with Crippen LogP contribution in [0.4, 0.5) is 0 Å². The lowest BCUT2D eigenvalue weighted by Crippen LogP contribution is -2.10. The molecular formula is C25H20Cl2O4. The fourth-order valence-electron chi connectivity index (χ4n) is 3.28. The summed E-state index contributed by atoms with van der Waals surface area (Å²) in [6.45, 7) is 4.08. The third kappa shape index (κ3) is 4.27. The van der Waals surface area contributed by atoms with E-state index in [-0.39, 0.29) is 17.8 Å². The van der Waals surface area contributed by atoms with Crippen molar-refractivity contribution in [3.63, 3.8) is 0 Å². The Bertz CT molecular complexity index is 1320. The minimum atomic E-state index is -0.227. The zero-order valence-corrected chi connectivity index (χ0v) is 18.8. The molecule has 0 bridgehead atoms. The molecule has 0 unspecified atom stereocenters. The molecule has 1 heterocycles. The molecule has 0 radical (unpaired) electrons. The molecule has 4 rings (SSSR count). The second kappa shape index (κ2) is 8.66. The minimum Gasteiger partial charge on any atom is -0.497 e. The Morgan fingerprint density at radius 2 is 1.61 bits per heavy atom. The normalized spacial score (nSPS) is 11.0. The van der Waals surface area contributed by atoms with E-state index in [1.807, 2.05) is 50.2 Å². The van der Waals surface area contributed by atoms with Crippen molar-refractivity contribution in [2.24, 2.45) is 0 Å². The maximum Gasteiger partial charge on any atom is 0.235 e. The lowest BCUT2D eigenvalue weighted by molar-refractivity contribution is 0.298. The van der Waals surface area contributed by atoms with Gasteiger partial charge in [0, 0.05) is 5.56 Å². The molecule has 0 N–H and O–H groups in total. The summed E-state index contributed by atoms with van der Waals surface area (Å²) in [5.41, 5.74) is 3.83. The van der Waals surface area contributed by atoms with Gasteiger partial charge in [-0.2, -0.15) is 0 Å². The van der Waals surface area contributed by atoms with Crippen LogP contribution >= 0.6 is 23.2 Å². The van der Waals surface area contributed by atoms with Crippen LogP contribution in [-0.4, -0.2) is 7.11 Å². The van der Waals surface area contributed by atoms with Gasteiger partial charge in [-0.05, 0) is 79.1 Å². The number of hydrogen-bond donors (Lipinski definition) is 0. The minimum absolute atomic E-state index is 0.140. The number of aryl methyl sites for hydroxylation is 2. The van der Waals surface area contributed by atoms with Crippen LogP contribution in [0, 0.1) is 13.8 Å². The first-order valence-electron chi connectivity index (χ1n) is 9.66. The molecule has 158 valence electrons. The smallest absolute Gasteiger partial charge is 0.235 e. The Labute approximate surface area is 189 Å². The molecule has 4 aromatic rings. The fraction of sp³-hybridized carbons (Fsp3) is 0.160. The van der Waals surface area contributed by atoms with Gasteiger partial charge >= 0.3 is 0 Å². The van der Waals surface area contributed by atoms with Crippen molar-refractivity contribution in [1.82, 2.24) is 0 Å². The van der Waals surface area contributed by atoms with E-state index in [1.165, 1.54) is 0 Å². The van der Waals surface area contributed by atoms with Gasteiger partial charge in [0.2, 0.25) is 11.2 Å². The highest BCUT2D eigenvalue weighted by atomic mass is 35.5. The van der Waals surface area contributed by atoms with E-state index in [4.69, 9.17) is 37.1 Å². The summed E-state index contributed by atoms with van der Waals surface area (Å²) in [6.07, 6.45) is 0. The van der Waals surface area contributed by atoms with Gasteiger partial charge in [0.15, 0.2) is 5.76 Å². The van der Waals surface area contributed by atoms with Crippen molar-refractivity contribution in [2.75, 3.05) is 7.11 Å². The quantitative estimate of drug-likeness (QED) is 0.326. The van der Waals surface area contributed by atoms with E-state index in [1.54, 1.807) is 25.3 Å². The average Bonchev–Trinajstić information content (AvgIpc) is 2.77. The van der Waals surface area contributed by atoms with Crippen molar-refractivity contribution in [2.45, 2.75) is 20.5 Å². The highest BCUT2D eigenvalue weighted by Crippen LogP contribution is 2.33. The van der Waals surface area contributed by atoms with Crippen LogP contribution in [-0.2, 0) is 6.61 Å². The fourth-order valence-corrected chi connectivity index (χ4v) is 3.60. The number of fused-ring (bicyclic) bond motifs is 1. The van der Waals surface area contributed by atoms with Crippen LogP contribution in [0.1, 0.15) is 16.7 Å². The summed E-state index contributed by atoms with van der Waals surface area (Å²) in [4.78, 5) is 13.4. The van der Waals surface area contributed by atoms with Crippen LogP contribution in [0.15, 0.2) is 63.8 Å². The molecule has 0 amide bonds. The average molecular weight is 455 g/mol. The number of benzene rings is 3. The molecule has 0 saturated carbocycles. The molecule has 1 aromatic heterocycles. The molecule has 3 aromatic carbocycles. The van der Waals surface area contributed by atoms with E-state index in [0.717, 1.165) is 16.7 Å². The summed E-state index contributed by atoms with van der Waals surface area (Å²) < 4.78 is 17.4. The molecule has 0 spiro atoms. The van der Waals surface area contributed by atoms with Gasteiger partial charge in [0.05, 0.1) is 22.5 Å². The Morgan fingerprint density at radius 1 is 0.903 bits per heavy atom. The van der Waals surface area contributed by atoms with E-state index >= 15 is 0 Å². The van der Waals surface area contributed by atoms with Crippen LogP contribution in [0.2, 0.25) is 10.0 Å². The highest BCUT2D eigenvalue weighted by Gasteiger charge is 2.19. The summed E-state index contributed by atoms with van der Waals surface area (Å²) in [5.74, 6) is 1.21. The predicted molar refractivity (Wildman–Crippen MR) is 125 cm³/mol. The predicted octanol–water partition coefficient (Wildman–Crippen LogP) is 6.97. The summed E-state index contributed by atoms with van der Waals surface area (Å²) >= 11 is 12.1. The number of methoxy groups -OCH3 is 1. The number of hydrogen-bond acceptors (Lipinski definition) is 4. The van der Waals surface area contributed by atoms with Crippen molar-refractivity contribution in [3.8, 4) is 22.8 Å². The zero-order valence-electron chi connectivity index (χ0n) is 17.3. The highest BCUT2D eigenvalue weighted by molar-refractivity contribution is 6.42. The molecule has 31 heavy (non-hydrogen) atoms. The monoisotopic (exact) mass is 454 g/mol. The molecule has 0 aliphatic heterocycles. The van der Waals surface area contributed by atoms with Gasteiger partial charge in [-0.1, -0.05) is 29.3 Å². The van der Waals surface area contributed by atoms with Crippen LogP contribution in [0.3, 0.4) is 0 Å². The molecule has 0 aliphatic carbocycles. The SMILES string of the molecule is COc1ccc(-c2oc3cc(C)c(C)cc3c(=O)c2OCc2ccc(Cl)c(Cl)c2)cc1. The van der Waals surface area contributed by atoms with Gasteiger partial charge in [-0.25, -0.2) is 0 Å². The van der Waals surface area contributed by atoms with E-state index in [9.17, 15) is 4.79 Å². The maximum absolute atomic E-state index is 13.4. The van der Waals surface area contributed by atoms with Gasteiger partial charge in [0.25, 0.3) is 0 Å². The first kappa shape index (κ1) is 21.3. The lowest BCUT2D eigenvalue weighted by Gasteiger charge is -2.13. The van der Waals surface area contributed by atoms with E-state index < -0.39 is 0 Å². The van der Waals surface area contributed by atoms with Gasteiger partial charge in [-0.3, -0.25) is 4.79 Å². The second-order valence-corrected chi connectivity index (χ2v) is 8.10. The van der Waals surface area contributed by atoms with Crippen LogP contribution in [0.25, 0.3) is 22.3 Å². The van der Waals surface area contributed by atoms with Crippen molar-refractivity contribution in [1.29, 1.82) is 0 Å². The van der Waals surface area contributed by atoms with Crippen molar-refractivity contribution < 1.29 is 13.9 Å². The molecule has 0 atom stereocenters. The first-order chi connectivity index (χ1) is 14.9. The summed E-state index contributed by atoms with van der Waals surface area (Å²) in [6, 6.07) is 16.2. The van der Waals surface area contributed by atoms with Crippen LogP contribution in [0.5, 0.6) is 11.5 Å². The Kier molecular flexibility index (Phi) is 5.94. The zero-order chi connectivity index (χ0) is 22.1. The molecule has 6 heteroatoms. The number of halogens is 2. The number of rotatable bonds is 5. The molecule has 0 fully saturated rings. The lowest BCUT2D eigenvalue weighted by atomic mass is 10.0. The molecule has 0 saturated heterocycles. The van der Waals surface area contributed by atoms with E-state index in [0.29, 0.717) is 38.1 Å². The van der Waals surface area contributed by atoms with E-state index in [2.05, 4.69) is 0 Å². The van der Waals surface area contributed by atoms with Crippen LogP contribution < -0.4 is 14.9 Å². The van der Waals surface area contributed by atoms with Gasteiger partial charge < -0.3 is 13.9 Å². The Hall–Kier alpha value is -2.95. The molecule has 4 nitrogen and oxygen atoms in total. The number of ether oxygens (including phenoxy) is 2. The Balaban J connectivity index is 1.85.